The lowest BCUT2D eigenvalue weighted by Crippen LogP contribution is -2.21. The smallest absolute Gasteiger partial charge is 0.182 e. The van der Waals surface area contributed by atoms with Gasteiger partial charge in [-0.25, -0.2) is 15.0 Å². The predicted octanol–water partition coefficient (Wildman–Crippen LogP) is 5.09. The largest absolute Gasteiger partial charge is 0.335 e. The van der Waals surface area contributed by atoms with Crippen molar-refractivity contribution in [3.8, 4) is 17.8 Å². The van der Waals surface area contributed by atoms with Gasteiger partial charge in [-0.05, 0) is 36.4 Å². The Bertz CT molecular complexity index is 1610. The second kappa shape index (κ2) is 7.19. The topological polar surface area (TPSA) is 106 Å². The highest BCUT2D eigenvalue weighted by atomic mass is 15.3. The number of fused-ring (bicyclic) bond motifs is 3. The molecule has 6 rings (SSSR count). The third kappa shape index (κ3) is 2.87. The van der Waals surface area contributed by atoms with Gasteiger partial charge in [0.2, 0.25) is 0 Å². The van der Waals surface area contributed by atoms with E-state index in [0.717, 1.165) is 33.8 Å². The van der Waals surface area contributed by atoms with Crippen molar-refractivity contribution in [3.63, 3.8) is 0 Å². The first-order valence-corrected chi connectivity index (χ1v) is 10.2. The molecule has 8 nitrogen and oxygen atoms in total. The number of benzene rings is 3. The van der Waals surface area contributed by atoms with E-state index in [-0.39, 0.29) is 11.4 Å². The summed E-state index contributed by atoms with van der Waals surface area (Å²) >= 11 is 0. The number of hydrogen-bond acceptors (Lipinski definition) is 7. The fourth-order valence-corrected chi connectivity index (χ4v) is 4.03. The number of nitrogens with one attached hydrogen (secondary N) is 1. The van der Waals surface area contributed by atoms with E-state index in [1.54, 1.807) is 6.33 Å². The van der Waals surface area contributed by atoms with E-state index < -0.39 is 0 Å². The maximum Gasteiger partial charge on any atom is 0.182 e. The van der Waals surface area contributed by atoms with Gasteiger partial charge in [-0.2, -0.15) is 10.5 Å². The summed E-state index contributed by atoms with van der Waals surface area (Å²) in [7, 11) is 0. The van der Waals surface area contributed by atoms with Gasteiger partial charge >= 0.3 is 0 Å². The molecular formula is C25H14N8. The molecule has 0 bridgehead atoms. The Labute approximate surface area is 188 Å². The van der Waals surface area contributed by atoms with E-state index in [0.29, 0.717) is 11.6 Å². The lowest BCUT2D eigenvalue weighted by Gasteiger charge is -2.32. The van der Waals surface area contributed by atoms with Crippen molar-refractivity contribution < 1.29 is 0 Å². The number of nitriles is 2. The summed E-state index contributed by atoms with van der Waals surface area (Å²) < 4.78 is 2.03. The molecule has 0 amide bonds. The number of anilines is 5. The van der Waals surface area contributed by atoms with E-state index >= 15 is 0 Å². The number of nitrogens with zero attached hydrogens (tertiary/aromatic N) is 7. The molecule has 1 aliphatic rings. The van der Waals surface area contributed by atoms with Gasteiger partial charge in [-0.1, -0.05) is 36.4 Å². The summed E-state index contributed by atoms with van der Waals surface area (Å²) in [5, 5.41) is 22.2. The number of imidazole rings is 1. The Hall–Kier alpha value is -5.21. The fourth-order valence-electron chi connectivity index (χ4n) is 4.03. The third-order valence-electron chi connectivity index (χ3n) is 5.51. The first kappa shape index (κ1) is 18.6. The maximum absolute atomic E-state index is 9.53. The minimum absolute atomic E-state index is 0.0159. The zero-order chi connectivity index (χ0) is 22.4. The van der Waals surface area contributed by atoms with E-state index in [4.69, 9.17) is 0 Å². The molecule has 3 aromatic carbocycles. The zero-order valence-corrected chi connectivity index (χ0v) is 17.1. The molecule has 8 heteroatoms. The lowest BCUT2D eigenvalue weighted by molar-refractivity contribution is 1.07. The van der Waals surface area contributed by atoms with E-state index in [1.165, 1.54) is 0 Å². The minimum atomic E-state index is -0.0188. The standard InChI is InChI=1S/C25H14N8/c26-13-20-21(14-27)31-25-24(30-20)29-19-11-18-22(32(15-28-18)16-7-3-1-4-8-16)12-23(19)33(25)17-9-5-2-6-10-17/h1-12,15H,(H,29,30). The van der Waals surface area contributed by atoms with Crippen molar-refractivity contribution in [2.75, 3.05) is 10.2 Å². The second-order valence-electron chi connectivity index (χ2n) is 7.42. The van der Waals surface area contributed by atoms with Crippen LogP contribution in [0.25, 0.3) is 16.7 Å². The first-order chi connectivity index (χ1) is 16.3. The average Bonchev–Trinajstić information content (AvgIpc) is 3.29. The van der Waals surface area contributed by atoms with Crippen molar-refractivity contribution in [1.82, 2.24) is 19.5 Å². The summed E-state index contributed by atoms with van der Waals surface area (Å²) in [4.78, 5) is 15.4. The van der Waals surface area contributed by atoms with Crippen molar-refractivity contribution in [2.24, 2.45) is 0 Å². The van der Waals surface area contributed by atoms with Crippen LogP contribution in [0.5, 0.6) is 0 Å². The molecule has 0 saturated heterocycles. The average molecular weight is 426 g/mol. The Kier molecular flexibility index (Phi) is 4.04. The van der Waals surface area contributed by atoms with Crippen LogP contribution in [0.1, 0.15) is 11.4 Å². The Morgan fingerprint density at radius 2 is 1.45 bits per heavy atom. The Balaban J connectivity index is 1.63. The van der Waals surface area contributed by atoms with Crippen molar-refractivity contribution in [1.29, 1.82) is 10.5 Å². The lowest BCUT2D eigenvalue weighted by atomic mass is 10.1. The Morgan fingerprint density at radius 3 is 2.15 bits per heavy atom. The SMILES string of the molecule is N#Cc1nc2c(nc1C#N)N(c1ccccc1)c1cc3c(cc1N2)ncn3-c1ccccc1. The van der Waals surface area contributed by atoms with Crippen LogP contribution in [0, 0.1) is 22.7 Å². The molecule has 1 aliphatic heterocycles. The predicted molar refractivity (Wildman–Crippen MR) is 124 cm³/mol. The van der Waals surface area contributed by atoms with Crippen LogP contribution in [-0.4, -0.2) is 19.5 Å². The summed E-state index contributed by atoms with van der Waals surface area (Å²) in [5.41, 5.74) is 5.17. The van der Waals surface area contributed by atoms with Gasteiger partial charge in [-0.3, -0.25) is 9.47 Å². The Morgan fingerprint density at radius 1 is 0.788 bits per heavy atom. The number of aromatic nitrogens is 4. The molecule has 5 aromatic rings. The molecular weight excluding hydrogens is 412 g/mol. The molecule has 33 heavy (non-hydrogen) atoms. The van der Waals surface area contributed by atoms with Crippen LogP contribution in [0.4, 0.5) is 28.7 Å². The maximum atomic E-state index is 9.53. The quantitative estimate of drug-likeness (QED) is 0.411. The molecule has 0 saturated carbocycles. The zero-order valence-electron chi connectivity index (χ0n) is 17.1. The molecule has 3 heterocycles. The molecule has 0 aliphatic carbocycles. The normalized spacial score (nSPS) is 11.8. The summed E-state index contributed by atoms with van der Waals surface area (Å²) in [6.07, 6.45) is 1.80. The van der Waals surface area contributed by atoms with Gasteiger partial charge in [0.1, 0.15) is 18.5 Å². The highest BCUT2D eigenvalue weighted by molar-refractivity contribution is 5.99. The second-order valence-corrected chi connectivity index (χ2v) is 7.42. The van der Waals surface area contributed by atoms with Gasteiger partial charge in [0.25, 0.3) is 0 Å². The van der Waals surface area contributed by atoms with Gasteiger partial charge in [0.15, 0.2) is 23.0 Å². The third-order valence-corrected chi connectivity index (χ3v) is 5.51. The summed E-state index contributed by atoms with van der Waals surface area (Å²) in [5.74, 6) is 0.859. The minimum Gasteiger partial charge on any atom is -0.335 e. The van der Waals surface area contributed by atoms with Crippen molar-refractivity contribution in [2.45, 2.75) is 0 Å². The van der Waals surface area contributed by atoms with E-state index in [1.807, 2.05) is 94.4 Å². The number of rotatable bonds is 2. The monoisotopic (exact) mass is 426 g/mol. The molecule has 0 atom stereocenters. The van der Waals surface area contributed by atoms with Gasteiger partial charge < -0.3 is 5.32 Å². The fraction of sp³-hybridized carbons (Fsp3) is 0. The summed E-state index contributed by atoms with van der Waals surface area (Å²) in [6, 6.07) is 27.7. The van der Waals surface area contributed by atoms with Crippen LogP contribution >= 0.6 is 0 Å². The van der Waals surface area contributed by atoms with E-state index in [2.05, 4.69) is 20.3 Å². The highest BCUT2D eigenvalue weighted by Crippen LogP contribution is 2.47. The highest BCUT2D eigenvalue weighted by Gasteiger charge is 2.29. The molecule has 154 valence electrons. The van der Waals surface area contributed by atoms with Crippen LogP contribution in [0.15, 0.2) is 79.1 Å². The van der Waals surface area contributed by atoms with Crippen molar-refractivity contribution >= 4 is 39.7 Å². The summed E-state index contributed by atoms with van der Waals surface area (Å²) in [6.45, 7) is 0. The van der Waals surface area contributed by atoms with Gasteiger partial charge in [0, 0.05) is 11.4 Å². The molecule has 0 radical (unpaired) electrons. The van der Waals surface area contributed by atoms with Crippen molar-refractivity contribution in [3.05, 3.63) is 90.5 Å². The van der Waals surface area contributed by atoms with Crippen LogP contribution in [-0.2, 0) is 0 Å². The van der Waals surface area contributed by atoms with E-state index in [9.17, 15) is 10.5 Å². The molecule has 1 N–H and O–H groups in total. The van der Waals surface area contributed by atoms with Crippen LogP contribution < -0.4 is 10.2 Å². The van der Waals surface area contributed by atoms with Gasteiger partial charge in [-0.15, -0.1) is 0 Å². The first-order valence-electron chi connectivity index (χ1n) is 10.2. The molecule has 0 fully saturated rings. The molecule has 0 unspecified atom stereocenters. The van der Waals surface area contributed by atoms with Crippen LogP contribution in [0.2, 0.25) is 0 Å². The molecule has 2 aromatic heterocycles. The number of para-hydroxylation sites is 2. The molecule has 0 spiro atoms. The van der Waals surface area contributed by atoms with Crippen LogP contribution in [0.3, 0.4) is 0 Å². The number of hydrogen-bond donors (Lipinski definition) is 1. The van der Waals surface area contributed by atoms with Gasteiger partial charge in [0.05, 0.1) is 22.4 Å².